The van der Waals surface area contributed by atoms with Crippen LogP contribution in [0.4, 0.5) is 5.69 Å². The Labute approximate surface area is 143 Å². The third-order valence-electron chi connectivity index (χ3n) is 3.99. The fourth-order valence-corrected chi connectivity index (χ4v) is 2.68. The number of hydrogen-bond donors (Lipinski definition) is 2. The zero-order chi connectivity index (χ0) is 17.7. The van der Waals surface area contributed by atoms with Crippen LogP contribution in [0.2, 0.25) is 0 Å². The molecule has 1 atom stereocenters. The first-order chi connectivity index (χ1) is 11.4. The number of carbonyl (C=O) groups is 2. The molecule has 0 heterocycles. The molecule has 24 heavy (non-hydrogen) atoms. The van der Waals surface area contributed by atoms with Crippen LogP contribution >= 0.6 is 0 Å². The van der Waals surface area contributed by atoms with Crippen molar-refractivity contribution >= 4 is 17.5 Å². The Balaban J connectivity index is 2.15. The maximum absolute atomic E-state index is 12.5. The quantitative estimate of drug-likeness (QED) is 0.878. The molecule has 0 aliphatic rings. The summed E-state index contributed by atoms with van der Waals surface area (Å²) in [5.74, 6) is -0.271. The molecule has 4 nitrogen and oxygen atoms in total. The zero-order valence-electron chi connectivity index (χ0n) is 14.6. The molecular formula is C20H24N2O2. The first-order valence-electron chi connectivity index (χ1n) is 8.06. The summed E-state index contributed by atoms with van der Waals surface area (Å²) in [6.07, 6.45) is 0.191. The van der Waals surface area contributed by atoms with Crippen LogP contribution in [-0.2, 0) is 9.59 Å². The van der Waals surface area contributed by atoms with E-state index in [9.17, 15) is 9.59 Å². The van der Waals surface area contributed by atoms with Gasteiger partial charge < -0.3 is 10.6 Å². The van der Waals surface area contributed by atoms with Gasteiger partial charge in [-0.15, -0.1) is 0 Å². The minimum atomic E-state index is -0.340. The standard InChI is InChI=1S/C20H24N2O2/c1-13-8-10-17(11-9-13)18(21-16(4)23)12-19(24)22-20-14(2)6-5-7-15(20)3/h5-11,18H,12H2,1-4H3,(H,21,23)(H,22,24). The molecule has 4 heteroatoms. The van der Waals surface area contributed by atoms with E-state index in [2.05, 4.69) is 10.6 Å². The van der Waals surface area contributed by atoms with Crippen LogP contribution in [-0.4, -0.2) is 11.8 Å². The van der Waals surface area contributed by atoms with E-state index in [0.717, 1.165) is 27.9 Å². The minimum Gasteiger partial charge on any atom is -0.349 e. The van der Waals surface area contributed by atoms with Crippen molar-refractivity contribution in [3.05, 3.63) is 64.7 Å². The molecule has 0 saturated heterocycles. The highest BCUT2D eigenvalue weighted by Crippen LogP contribution is 2.22. The molecule has 126 valence electrons. The third kappa shape index (κ3) is 4.69. The van der Waals surface area contributed by atoms with E-state index in [4.69, 9.17) is 0 Å². The highest BCUT2D eigenvalue weighted by atomic mass is 16.2. The predicted molar refractivity (Wildman–Crippen MR) is 96.9 cm³/mol. The van der Waals surface area contributed by atoms with Gasteiger partial charge in [0.2, 0.25) is 11.8 Å². The molecule has 2 rings (SSSR count). The molecule has 0 saturated carbocycles. The second-order valence-corrected chi connectivity index (χ2v) is 6.18. The van der Waals surface area contributed by atoms with Gasteiger partial charge in [-0.25, -0.2) is 0 Å². The van der Waals surface area contributed by atoms with Gasteiger partial charge >= 0.3 is 0 Å². The van der Waals surface area contributed by atoms with Crippen LogP contribution in [0.3, 0.4) is 0 Å². The van der Waals surface area contributed by atoms with E-state index < -0.39 is 0 Å². The van der Waals surface area contributed by atoms with Gasteiger partial charge in [-0.3, -0.25) is 9.59 Å². The summed E-state index contributed by atoms with van der Waals surface area (Å²) in [5.41, 5.74) is 4.95. The van der Waals surface area contributed by atoms with Gasteiger partial charge in [0.25, 0.3) is 0 Å². The zero-order valence-corrected chi connectivity index (χ0v) is 14.6. The number of aryl methyl sites for hydroxylation is 3. The van der Waals surface area contributed by atoms with Crippen molar-refractivity contribution in [2.45, 2.75) is 40.2 Å². The molecule has 0 aliphatic carbocycles. The Bertz CT molecular complexity index is 716. The Morgan fingerprint density at radius 2 is 1.54 bits per heavy atom. The summed E-state index contributed by atoms with van der Waals surface area (Å²) in [7, 11) is 0. The second kappa shape index (κ2) is 7.77. The monoisotopic (exact) mass is 324 g/mol. The normalized spacial score (nSPS) is 11.7. The van der Waals surface area contributed by atoms with Crippen molar-refractivity contribution in [3.8, 4) is 0 Å². The van der Waals surface area contributed by atoms with Gasteiger partial charge in [0.05, 0.1) is 12.5 Å². The highest BCUT2D eigenvalue weighted by molar-refractivity contribution is 5.93. The van der Waals surface area contributed by atoms with Gasteiger partial charge in [-0.1, -0.05) is 48.0 Å². The SMILES string of the molecule is CC(=O)NC(CC(=O)Nc1c(C)cccc1C)c1ccc(C)cc1. The van der Waals surface area contributed by atoms with Gasteiger partial charge in [-0.2, -0.15) is 0 Å². The Hall–Kier alpha value is -2.62. The Kier molecular flexibility index (Phi) is 5.74. The number of benzene rings is 2. The average molecular weight is 324 g/mol. The smallest absolute Gasteiger partial charge is 0.226 e. The van der Waals surface area contributed by atoms with Crippen molar-refractivity contribution < 1.29 is 9.59 Å². The van der Waals surface area contributed by atoms with Crippen LogP contribution in [0, 0.1) is 20.8 Å². The van der Waals surface area contributed by atoms with Gasteiger partial charge in [0, 0.05) is 12.6 Å². The van der Waals surface area contributed by atoms with Crippen LogP contribution in [0.25, 0.3) is 0 Å². The summed E-state index contributed by atoms with van der Waals surface area (Å²) >= 11 is 0. The van der Waals surface area contributed by atoms with Crippen molar-refractivity contribution in [3.63, 3.8) is 0 Å². The molecule has 2 aromatic rings. The van der Waals surface area contributed by atoms with Crippen molar-refractivity contribution in [2.24, 2.45) is 0 Å². The number of hydrogen-bond acceptors (Lipinski definition) is 2. The Morgan fingerprint density at radius 3 is 2.08 bits per heavy atom. The lowest BCUT2D eigenvalue weighted by Gasteiger charge is -2.19. The first-order valence-corrected chi connectivity index (χ1v) is 8.06. The van der Waals surface area contributed by atoms with E-state index in [1.807, 2.05) is 63.2 Å². The number of amides is 2. The van der Waals surface area contributed by atoms with Crippen molar-refractivity contribution in [1.29, 1.82) is 0 Å². The van der Waals surface area contributed by atoms with Gasteiger partial charge in [0.15, 0.2) is 0 Å². The number of rotatable bonds is 5. The summed E-state index contributed by atoms with van der Waals surface area (Å²) < 4.78 is 0. The average Bonchev–Trinajstić information content (AvgIpc) is 2.51. The largest absolute Gasteiger partial charge is 0.349 e. The lowest BCUT2D eigenvalue weighted by molar-refractivity contribution is -0.120. The van der Waals surface area contributed by atoms with E-state index >= 15 is 0 Å². The van der Waals surface area contributed by atoms with E-state index in [1.54, 1.807) is 0 Å². The molecule has 0 aromatic heterocycles. The number of nitrogens with one attached hydrogen (secondary N) is 2. The molecule has 0 radical (unpaired) electrons. The van der Waals surface area contributed by atoms with Crippen LogP contribution in [0.5, 0.6) is 0 Å². The van der Waals surface area contributed by atoms with Gasteiger partial charge in [-0.05, 0) is 37.5 Å². The summed E-state index contributed by atoms with van der Waals surface area (Å²) in [6, 6.07) is 13.4. The molecule has 0 bridgehead atoms. The minimum absolute atomic E-state index is 0.119. The van der Waals surface area contributed by atoms with Crippen molar-refractivity contribution in [1.82, 2.24) is 5.32 Å². The first kappa shape index (κ1) is 17.7. The molecular weight excluding hydrogens is 300 g/mol. The maximum Gasteiger partial charge on any atom is 0.226 e. The molecule has 0 spiro atoms. The lowest BCUT2D eigenvalue weighted by atomic mass is 10.0. The van der Waals surface area contributed by atoms with Crippen LogP contribution in [0.15, 0.2) is 42.5 Å². The molecule has 1 unspecified atom stereocenters. The second-order valence-electron chi connectivity index (χ2n) is 6.18. The number of para-hydroxylation sites is 1. The maximum atomic E-state index is 12.5. The Morgan fingerprint density at radius 1 is 0.958 bits per heavy atom. The van der Waals surface area contributed by atoms with Crippen LogP contribution in [0.1, 0.15) is 41.6 Å². The molecule has 0 aliphatic heterocycles. The van der Waals surface area contributed by atoms with Crippen molar-refractivity contribution in [2.75, 3.05) is 5.32 Å². The predicted octanol–water partition coefficient (Wildman–Crippen LogP) is 3.82. The number of carbonyl (C=O) groups excluding carboxylic acids is 2. The summed E-state index contributed by atoms with van der Waals surface area (Å²) in [4.78, 5) is 24.0. The number of anilines is 1. The third-order valence-corrected chi connectivity index (χ3v) is 3.99. The summed E-state index contributed by atoms with van der Waals surface area (Å²) in [5, 5.41) is 5.83. The molecule has 2 amide bonds. The lowest BCUT2D eigenvalue weighted by Crippen LogP contribution is -2.30. The molecule has 2 aromatic carbocycles. The fourth-order valence-electron chi connectivity index (χ4n) is 2.68. The molecule has 2 N–H and O–H groups in total. The van der Waals surface area contributed by atoms with E-state index in [1.165, 1.54) is 6.92 Å². The summed E-state index contributed by atoms with van der Waals surface area (Å²) in [6.45, 7) is 7.40. The van der Waals surface area contributed by atoms with Crippen LogP contribution < -0.4 is 10.6 Å². The molecule has 0 fully saturated rings. The highest BCUT2D eigenvalue weighted by Gasteiger charge is 2.18. The van der Waals surface area contributed by atoms with E-state index in [0.29, 0.717) is 0 Å². The topological polar surface area (TPSA) is 58.2 Å². The fraction of sp³-hybridized carbons (Fsp3) is 0.300. The van der Waals surface area contributed by atoms with Gasteiger partial charge in [0.1, 0.15) is 0 Å². The van der Waals surface area contributed by atoms with E-state index in [-0.39, 0.29) is 24.3 Å².